The summed E-state index contributed by atoms with van der Waals surface area (Å²) in [5.41, 5.74) is 0.792. The summed E-state index contributed by atoms with van der Waals surface area (Å²) < 4.78 is 10.6. The molecule has 0 saturated heterocycles. The zero-order valence-electron chi connectivity index (χ0n) is 12.0. The van der Waals surface area contributed by atoms with Crippen LogP contribution in [0.4, 0.5) is 0 Å². The molecule has 0 amide bonds. The van der Waals surface area contributed by atoms with Gasteiger partial charge in [-0.15, -0.1) is 0 Å². The van der Waals surface area contributed by atoms with Gasteiger partial charge in [0.1, 0.15) is 11.5 Å². The van der Waals surface area contributed by atoms with E-state index in [2.05, 4.69) is 6.58 Å². The second-order valence-electron chi connectivity index (χ2n) is 4.48. The fourth-order valence-corrected chi connectivity index (χ4v) is 2.14. The maximum absolute atomic E-state index is 11.5. The number of hydrogen-bond donors (Lipinski definition) is 0. The van der Waals surface area contributed by atoms with Crippen molar-refractivity contribution < 1.29 is 19.1 Å². The number of rotatable bonds is 4. The van der Waals surface area contributed by atoms with E-state index in [0.29, 0.717) is 17.9 Å². The third kappa shape index (κ3) is 3.11. The van der Waals surface area contributed by atoms with Crippen LogP contribution in [0.3, 0.4) is 0 Å². The van der Waals surface area contributed by atoms with Crippen molar-refractivity contribution in [2.75, 3.05) is 0 Å². The number of carbonyl (C=O) groups is 2. The summed E-state index contributed by atoms with van der Waals surface area (Å²) in [7, 11) is 0. The zero-order valence-corrected chi connectivity index (χ0v) is 12.0. The highest BCUT2D eigenvalue weighted by Crippen LogP contribution is 2.37. The molecule has 0 aromatic heterocycles. The van der Waals surface area contributed by atoms with E-state index >= 15 is 0 Å². The van der Waals surface area contributed by atoms with Crippen molar-refractivity contribution in [3.05, 3.63) is 48.6 Å². The first-order valence-corrected chi connectivity index (χ1v) is 6.64. The van der Waals surface area contributed by atoms with Gasteiger partial charge in [0, 0.05) is 23.8 Å². The number of benzene rings is 2. The molecule has 2 rings (SSSR count). The van der Waals surface area contributed by atoms with Crippen LogP contribution in [0.15, 0.2) is 43.0 Å². The van der Waals surface area contributed by atoms with Crippen molar-refractivity contribution in [1.29, 1.82) is 0 Å². The first kappa shape index (κ1) is 14.8. The maximum Gasteiger partial charge on any atom is 0.335 e. The van der Waals surface area contributed by atoms with Gasteiger partial charge in [0.15, 0.2) is 0 Å². The fraction of sp³-hybridized carbons (Fsp3) is 0.176. The van der Waals surface area contributed by atoms with E-state index in [-0.39, 0.29) is 0 Å². The van der Waals surface area contributed by atoms with Crippen LogP contribution in [-0.2, 0) is 16.0 Å². The van der Waals surface area contributed by atoms with Crippen molar-refractivity contribution >= 4 is 22.7 Å². The van der Waals surface area contributed by atoms with Gasteiger partial charge in [-0.1, -0.05) is 37.8 Å². The summed E-state index contributed by atoms with van der Waals surface area (Å²) in [5.74, 6) is 0.0374. The quantitative estimate of drug-likeness (QED) is 0.490. The predicted octanol–water partition coefficient (Wildman–Crippen LogP) is 3.42. The Kier molecular flexibility index (Phi) is 4.38. The highest BCUT2D eigenvalue weighted by atomic mass is 16.5. The van der Waals surface area contributed by atoms with Crippen molar-refractivity contribution in [2.24, 2.45) is 0 Å². The highest BCUT2D eigenvalue weighted by Gasteiger charge is 2.16. The topological polar surface area (TPSA) is 52.6 Å². The molecule has 0 heterocycles. The van der Waals surface area contributed by atoms with Crippen LogP contribution in [0.1, 0.15) is 19.4 Å². The average Bonchev–Trinajstić information content (AvgIpc) is 2.48. The van der Waals surface area contributed by atoms with Gasteiger partial charge in [-0.25, -0.2) is 4.79 Å². The minimum Gasteiger partial charge on any atom is -0.426 e. The van der Waals surface area contributed by atoms with Crippen LogP contribution in [0.2, 0.25) is 0 Å². The molecule has 108 valence electrons. The first-order valence-electron chi connectivity index (χ1n) is 6.64. The third-order valence-corrected chi connectivity index (χ3v) is 3.04. The lowest BCUT2D eigenvalue weighted by Crippen LogP contribution is -2.07. The lowest BCUT2D eigenvalue weighted by atomic mass is 10.0. The molecular weight excluding hydrogens is 268 g/mol. The minimum atomic E-state index is -0.518. The van der Waals surface area contributed by atoms with Crippen LogP contribution in [0, 0.1) is 0 Å². The molecule has 0 aliphatic rings. The van der Waals surface area contributed by atoms with E-state index in [1.807, 2.05) is 31.2 Å². The number of ether oxygens (including phenoxy) is 2. The van der Waals surface area contributed by atoms with E-state index < -0.39 is 11.9 Å². The Morgan fingerprint density at radius 3 is 2.43 bits per heavy atom. The molecule has 0 atom stereocenters. The maximum atomic E-state index is 11.5. The Bertz CT molecular complexity index is 716. The van der Waals surface area contributed by atoms with Crippen LogP contribution >= 0.6 is 0 Å². The SMILES string of the molecule is C=CC(=O)Oc1c(CC)cc(OC(C)=O)c2ccccc12. The van der Waals surface area contributed by atoms with Crippen molar-refractivity contribution in [3.63, 3.8) is 0 Å². The molecule has 0 unspecified atom stereocenters. The lowest BCUT2D eigenvalue weighted by molar-refractivity contribution is -0.132. The summed E-state index contributed by atoms with van der Waals surface area (Å²) >= 11 is 0. The molecule has 0 spiro atoms. The molecule has 2 aromatic carbocycles. The van der Waals surface area contributed by atoms with Crippen molar-refractivity contribution in [2.45, 2.75) is 20.3 Å². The summed E-state index contributed by atoms with van der Waals surface area (Å²) in [6.07, 6.45) is 1.76. The molecule has 0 radical (unpaired) electrons. The van der Waals surface area contributed by atoms with E-state index in [4.69, 9.17) is 9.47 Å². The van der Waals surface area contributed by atoms with E-state index in [1.54, 1.807) is 6.07 Å². The molecule has 0 fully saturated rings. The monoisotopic (exact) mass is 284 g/mol. The Morgan fingerprint density at radius 1 is 1.19 bits per heavy atom. The Morgan fingerprint density at radius 2 is 1.86 bits per heavy atom. The minimum absolute atomic E-state index is 0.391. The predicted molar refractivity (Wildman–Crippen MR) is 80.5 cm³/mol. The molecular formula is C17H16O4. The van der Waals surface area contributed by atoms with Crippen molar-refractivity contribution in [3.8, 4) is 11.5 Å². The van der Waals surface area contributed by atoms with Crippen molar-refractivity contribution in [1.82, 2.24) is 0 Å². The van der Waals surface area contributed by atoms with Gasteiger partial charge >= 0.3 is 11.9 Å². The van der Waals surface area contributed by atoms with Gasteiger partial charge in [0.2, 0.25) is 0 Å². The van der Waals surface area contributed by atoms with Gasteiger partial charge in [-0.3, -0.25) is 4.79 Å². The largest absolute Gasteiger partial charge is 0.426 e. The summed E-state index contributed by atoms with van der Waals surface area (Å²) in [5, 5.41) is 1.44. The molecule has 2 aromatic rings. The molecule has 4 nitrogen and oxygen atoms in total. The molecule has 0 saturated carbocycles. The molecule has 21 heavy (non-hydrogen) atoms. The highest BCUT2D eigenvalue weighted by molar-refractivity contribution is 5.98. The Hall–Kier alpha value is -2.62. The number of carbonyl (C=O) groups excluding carboxylic acids is 2. The lowest BCUT2D eigenvalue weighted by Gasteiger charge is -2.14. The second-order valence-corrected chi connectivity index (χ2v) is 4.48. The van der Waals surface area contributed by atoms with Crippen LogP contribution in [-0.4, -0.2) is 11.9 Å². The van der Waals surface area contributed by atoms with E-state index in [9.17, 15) is 9.59 Å². The Balaban J connectivity index is 2.70. The van der Waals surface area contributed by atoms with Crippen LogP contribution < -0.4 is 9.47 Å². The summed E-state index contributed by atoms with van der Waals surface area (Å²) in [6.45, 7) is 6.70. The molecule has 0 aliphatic heterocycles. The normalized spacial score (nSPS) is 10.2. The van der Waals surface area contributed by atoms with E-state index in [0.717, 1.165) is 22.4 Å². The zero-order chi connectivity index (χ0) is 15.4. The van der Waals surface area contributed by atoms with Crippen LogP contribution in [0.25, 0.3) is 10.8 Å². The molecule has 4 heteroatoms. The Labute approximate surface area is 123 Å². The van der Waals surface area contributed by atoms with Gasteiger partial charge in [-0.05, 0) is 18.1 Å². The molecule has 0 aliphatic carbocycles. The van der Waals surface area contributed by atoms with Gasteiger partial charge in [0.05, 0.1) is 0 Å². The van der Waals surface area contributed by atoms with Crippen LogP contribution in [0.5, 0.6) is 11.5 Å². The molecule has 0 bridgehead atoms. The smallest absolute Gasteiger partial charge is 0.335 e. The summed E-state index contributed by atoms with van der Waals surface area (Å²) in [4.78, 5) is 22.8. The van der Waals surface area contributed by atoms with E-state index in [1.165, 1.54) is 6.92 Å². The second kappa shape index (κ2) is 6.22. The average molecular weight is 284 g/mol. The first-order chi connectivity index (χ1) is 10.1. The number of fused-ring (bicyclic) bond motifs is 1. The van der Waals surface area contributed by atoms with Gasteiger partial charge < -0.3 is 9.47 Å². The van der Waals surface area contributed by atoms with Gasteiger partial charge in [0.25, 0.3) is 0 Å². The summed E-state index contributed by atoms with van der Waals surface area (Å²) in [6, 6.07) is 9.05. The standard InChI is InChI=1S/C17H16O4/c1-4-12-10-15(20-11(3)18)13-8-6-7-9-14(13)17(12)21-16(19)5-2/h5-10H,2,4H2,1,3H3. The number of hydrogen-bond acceptors (Lipinski definition) is 4. The number of aryl methyl sites for hydroxylation is 1. The number of esters is 2. The fourth-order valence-electron chi connectivity index (χ4n) is 2.14. The molecule has 0 N–H and O–H groups in total. The van der Waals surface area contributed by atoms with Gasteiger partial charge in [-0.2, -0.15) is 0 Å². The third-order valence-electron chi connectivity index (χ3n) is 3.04.